The van der Waals surface area contributed by atoms with E-state index in [-0.39, 0.29) is 22.8 Å². The third kappa shape index (κ3) is 7.47. The summed E-state index contributed by atoms with van der Waals surface area (Å²) >= 11 is 0. The third-order valence-corrected chi connectivity index (χ3v) is 4.65. The maximum Gasteiger partial charge on any atom is 0.341 e. The Morgan fingerprint density at radius 2 is 1.71 bits per heavy atom. The maximum atomic E-state index is 12.9. The zero-order valence-corrected chi connectivity index (χ0v) is 19.1. The van der Waals surface area contributed by atoms with Crippen LogP contribution in [-0.4, -0.2) is 54.0 Å². The van der Waals surface area contributed by atoms with E-state index in [1.807, 2.05) is 19.9 Å². The number of aliphatic carboxylic acids is 2. The van der Waals surface area contributed by atoms with E-state index in [1.54, 1.807) is 18.2 Å². The van der Waals surface area contributed by atoms with Gasteiger partial charge in [-0.05, 0) is 44.0 Å². The van der Waals surface area contributed by atoms with Crippen molar-refractivity contribution < 1.29 is 43.6 Å². The van der Waals surface area contributed by atoms with E-state index in [0.29, 0.717) is 12.0 Å². The zero-order chi connectivity index (χ0) is 25.3. The number of Topliss-reactive ketones (excluding diaryl/α,β-unsaturated/α-hetero) is 1. The van der Waals surface area contributed by atoms with Gasteiger partial charge in [0, 0.05) is 5.92 Å². The summed E-state index contributed by atoms with van der Waals surface area (Å²) in [4.78, 5) is 47.4. The molecule has 0 bridgehead atoms. The van der Waals surface area contributed by atoms with Crippen molar-refractivity contribution in [3.63, 3.8) is 0 Å². The standard InChI is InChI=1S/C25H26O9/c1-15(2)4-7-17-8-9-18(25(24(17)31)34-14-23(29)30)19(26)10-5-16-6-11-20(21(12-16)32-3)33-13-22(27)28/h4-6,8-12,17H,7,13-14H2,1-3H3,(H,27,28)(H,29,30). The summed E-state index contributed by atoms with van der Waals surface area (Å²) in [7, 11) is 1.39. The monoisotopic (exact) mass is 470 g/mol. The minimum absolute atomic E-state index is 0.0377. The number of hydrogen-bond acceptors (Lipinski definition) is 7. The highest BCUT2D eigenvalue weighted by Gasteiger charge is 2.29. The fourth-order valence-electron chi connectivity index (χ4n) is 3.01. The summed E-state index contributed by atoms with van der Waals surface area (Å²) in [6, 6.07) is 4.65. The number of benzene rings is 1. The van der Waals surface area contributed by atoms with Crippen LogP contribution in [-0.2, 0) is 23.9 Å². The Bertz CT molecular complexity index is 1090. The van der Waals surface area contributed by atoms with Gasteiger partial charge in [0.05, 0.1) is 12.7 Å². The Balaban J connectivity index is 2.27. The van der Waals surface area contributed by atoms with Gasteiger partial charge in [-0.25, -0.2) is 9.59 Å². The van der Waals surface area contributed by atoms with Crippen LogP contribution in [0.5, 0.6) is 11.5 Å². The molecule has 1 aromatic carbocycles. The lowest BCUT2D eigenvalue weighted by Gasteiger charge is -2.19. The number of carboxylic acid groups (broad SMARTS) is 2. The normalized spacial score (nSPS) is 15.3. The molecule has 0 saturated heterocycles. The molecule has 0 spiro atoms. The van der Waals surface area contributed by atoms with Crippen molar-refractivity contribution in [3.05, 3.63) is 65.0 Å². The summed E-state index contributed by atoms with van der Waals surface area (Å²) in [6.07, 6.45) is 8.06. The molecule has 2 rings (SSSR count). The Labute approximate surface area is 196 Å². The van der Waals surface area contributed by atoms with E-state index in [4.69, 9.17) is 24.4 Å². The Kier molecular flexibility index (Phi) is 9.37. The molecular weight excluding hydrogens is 444 g/mol. The van der Waals surface area contributed by atoms with Gasteiger partial charge in [0.25, 0.3) is 0 Å². The molecule has 9 heteroatoms. The number of ether oxygens (including phenoxy) is 3. The first-order valence-electron chi connectivity index (χ1n) is 10.3. The first-order valence-corrected chi connectivity index (χ1v) is 10.3. The molecule has 0 radical (unpaired) electrons. The molecule has 0 aromatic heterocycles. The van der Waals surface area contributed by atoms with E-state index >= 15 is 0 Å². The fraction of sp³-hybridized carbons (Fsp3) is 0.280. The summed E-state index contributed by atoms with van der Waals surface area (Å²) < 4.78 is 15.5. The van der Waals surface area contributed by atoms with Gasteiger partial charge in [0.2, 0.25) is 5.78 Å². The highest BCUT2D eigenvalue weighted by atomic mass is 16.5. The first-order chi connectivity index (χ1) is 16.1. The number of methoxy groups -OCH3 is 1. The zero-order valence-electron chi connectivity index (χ0n) is 19.1. The first kappa shape index (κ1) is 26.1. The lowest BCUT2D eigenvalue weighted by molar-refractivity contribution is -0.142. The quantitative estimate of drug-likeness (QED) is 0.348. The summed E-state index contributed by atoms with van der Waals surface area (Å²) in [5.41, 5.74) is 1.54. The van der Waals surface area contributed by atoms with Crippen molar-refractivity contribution in [1.82, 2.24) is 0 Å². The molecular formula is C25H26O9. The highest BCUT2D eigenvalue weighted by molar-refractivity contribution is 6.15. The van der Waals surface area contributed by atoms with Gasteiger partial charge >= 0.3 is 11.9 Å². The molecule has 1 aliphatic rings. The van der Waals surface area contributed by atoms with Crippen molar-refractivity contribution in [3.8, 4) is 11.5 Å². The molecule has 1 aromatic rings. The molecule has 0 aliphatic heterocycles. The van der Waals surface area contributed by atoms with E-state index < -0.39 is 42.6 Å². The minimum atomic E-state index is -1.27. The summed E-state index contributed by atoms with van der Waals surface area (Å²) in [5.74, 6) is -3.74. The lowest BCUT2D eigenvalue weighted by atomic mass is 9.89. The topological polar surface area (TPSA) is 136 Å². The van der Waals surface area contributed by atoms with Crippen molar-refractivity contribution in [2.24, 2.45) is 5.92 Å². The number of ketones is 2. The number of carboxylic acids is 2. The number of carbonyl (C=O) groups excluding carboxylic acids is 2. The Morgan fingerprint density at radius 1 is 1.03 bits per heavy atom. The largest absolute Gasteiger partial charge is 0.493 e. The predicted molar refractivity (Wildman–Crippen MR) is 122 cm³/mol. The summed E-state index contributed by atoms with van der Waals surface area (Å²) in [6.45, 7) is 2.51. The second-order valence-corrected chi connectivity index (χ2v) is 7.56. The van der Waals surface area contributed by atoms with Crippen LogP contribution in [0.3, 0.4) is 0 Å². The molecule has 0 amide bonds. The van der Waals surface area contributed by atoms with Gasteiger partial charge in [-0.15, -0.1) is 0 Å². The Morgan fingerprint density at radius 3 is 2.32 bits per heavy atom. The van der Waals surface area contributed by atoms with Crippen LogP contribution in [0.25, 0.3) is 6.08 Å². The van der Waals surface area contributed by atoms with Crippen molar-refractivity contribution in [2.45, 2.75) is 20.3 Å². The van der Waals surface area contributed by atoms with Gasteiger partial charge in [-0.1, -0.05) is 35.9 Å². The average molecular weight is 470 g/mol. The average Bonchev–Trinajstić information content (AvgIpc) is 2.79. The second kappa shape index (κ2) is 12.2. The van der Waals surface area contributed by atoms with Crippen LogP contribution in [0, 0.1) is 5.92 Å². The number of carbonyl (C=O) groups is 4. The predicted octanol–water partition coefficient (Wildman–Crippen LogP) is 3.21. The number of allylic oxidation sites excluding steroid dienone is 7. The molecule has 180 valence electrons. The van der Waals surface area contributed by atoms with Crippen LogP contribution >= 0.6 is 0 Å². The van der Waals surface area contributed by atoms with Crippen LogP contribution in [0.4, 0.5) is 0 Å². The highest BCUT2D eigenvalue weighted by Crippen LogP contribution is 2.29. The van der Waals surface area contributed by atoms with Gasteiger partial charge < -0.3 is 24.4 Å². The number of rotatable bonds is 12. The SMILES string of the molecule is COc1cc(C=CC(=O)C2=C(OCC(=O)O)C(=O)C(CC=C(C)C)C=C2)ccc1OCC(=O)O. The third-order valence-electron chi connectivity index (χ3n) is 4.65. The van der Waals surface area contributed by atoms with Gasteiger partial charge in [0.1, 0.15) is 0 Å². The van der Waals surface area contributed by atoms with Crippen LogP contribution in [0.2, 0.25) is 0 Å². The van der Waals surface area contributed by atoms with Crippen molar-refractivity contribution in [1.29, 1.82) is 0 Å². The summed E-state index contributed by atoms with van der Waals surface area (Å²) in [5, 5.41) is 17.7. The van der Waals surface area contributed by atoms with Crippen LogP contribution < -0.4 is 9.47 Å². The number of hydrogen-bond donors (Lipinski definition) is 2. The molecule has 2 N–H and O–H groups in total. The van der Waals surface area contributed by atoms with Crippen LogP contribution in [0.15, 0.2) is 59.4 Å². The Hall–Kier alpha value is -4.14. The molecule has 0 fully saturated rings. The van der Waals surface area contributed by atoms with E-state index in [1.165, 1.54) is 31.4 Å². The van der Waals surface area contributed by atoms with Crippen molar-refractivity contribution >= 4 is 29.6 Å². The van der Waals surface area contributed by atoms with Gasteiger partial charge in [0.15, 0.2) is 36.3 Å². The maximum absolute atomic E-state index is 12.9. The van der Waals surface area contributed by atoms with Crippen molar-refractivity contribution in [2.75, 3.05) is 20.3 Å². The molecule has 34 heavy (non-hydrogen) atoms. The molecule has 1 unspecified atom stereocenters. The molecule has 1 aliphatic carbocycles. The second-order valence-electron chi connectivity index (χ2n) is 7.56. The van der Waals surface area contributed by atoms with E-state index in [9.17, 15) is 19.2 Å². The van der Waals surface area contributed by atoms with E-state index in [2.05, 4.69) is 0 Å². The molecule has 9 nitrogen and oxygen atoms in total. The van der Waals surface area contributed by atoms with E-state index in [0.717, 1.165) is 5.57 Å². The van der Waals surface area contributed by atoms with Gasteiger partial charge in [-0.3, -0.25) is 9.59 Å². The smallest absolute Gasteiger partial charge is 0.341 e. The molecule has 0 saturated carbocycles. The van der Waals surface area contributed by atoms with Crippen LogP contribution in [0.1, 0.15) is 25.8 Å². The lowest BCUT2D eigenvalue weighted by Crippen LogP contribution is -2.24. The molecule has 1 atom stereocenters. The molecule has 0 heterocycles. The minimum Gasteiger partial charge on any atom is -0.493 e. The van der Waals surface area contributed by atoms with Gasteiger partial charge in [-0.2, -0.15) is 0 Å². The fourth-order valence-corrected chi connectivity index (χ4v) is 3.01.